The molecule has 1 aliphatic carbocycles. The molecule has 1 aliphatic rings. The molecule has 0 saturated heterocycles. The highest BCUT2D eigenvalue weighted by Crippen LogP contribution is 2.17. The van der Waals surface area contributed by atoms with E-state index in [1.807, 2.05) is 37.3 Å². The SMILES string of the molecule is CCNC(=NCCC(=O)NC1CCCCC1)NCCOc1ccccc1.I. The van der Waals surface area contributed by atoms with Crippen LogP contribution in [0.25, 0.3) is 0 Å². The minimum Gasteiger partial charge on any atom is -0.492 e. The molecule has 0 heterocycles. The molecule has 27 heavy (non-hydrogen) atoms. The summed E-state index contributed by atoms with van der Waals surface area (Å²) in [5.41, 5.74) is 0. The molecule has 0 atom stereocenters. The lowest BCUT2D eigenvalue weighted by atomic mass is 9.95. The summed E-state index contributed by atoms with van der Waals surface area (Å²) >= 11 is 0. The zero-order valence-corrected chi connectivity index (χ0v) is 18.5. The van der Waals surface area contributed by atoms with Gasteiger partial charge in [0.15, 0.2) is 5.96 Å². The number of guanidine groups is 1. The summed E-state index contributed by atoms with van der Waals surface area (Å²) in [5.74, 6) is 1.68. The fraction of sp³-hybridized carbons (Fsp3) is 0.600. The number of amides is 1. The Morgan fingerprint density at radius 1 is 1.15 bits per heavy atom. The van der Waals surface area contributed by atoms with E-state index in [2.05, 4.69) is 20.9 Å². The Labute approximate surface area is 179 Å². The van der Waals surface area contributed by atoms with Gasteiger partial charge in [-0.2, -0.15) is 0 Å². The van der Waals surface area contributed by atoms with Gasteiger partial charge >= 0.3 is 0 Å². The highest BCUT2D eigenvalue weighted by molar-refractivity contribution is 14.0. The molecule has 1 saturated carbocycles. The van der Waals surface area contributed by atoms with Crippen LogP contribution < -0.4 is 20.7 Å². The standard InChI is InChI=1S/C20H32N4O2.HI/c1-2-21-20(23-15-16-26-18-11-7-4-8-12-18)22-14-13-19(25)24-17-9-5-3-6-10-17;/h4,7-8,11-12,17H,2-3,5-6,9-10,13-16H2,1H3,(H,24,25)(H2,21,22,23);1H. The van der Waals surface area contributed by atoms with Gasteiger partial charge in [0.05, 0.1) is 13.1 Å². The normalized spacial score (nSPS) is 14.8. The van der Waals surface area contributed by atoms with Crippen LogP contribution in [0.2, 0.25) is 0 Å². The number of nitrogens with zero attached hydrogens (tertiary/aromatic N) is 1. The summed E-state index contributed by atoms with van der Waals surface area (Å²) in [5, 5.41) is 9.54. The van der Waals surface area contributed by atoms with E-state index in [4.69, 9.17) is 4.74 Å². The predicted octanol–water partition coefficient (Wildman–Crippen LogP) is 3.08. The van der Waals surface area contributed by atoms with Crippen LogP contribution in [0.15, 0.2) is 35.3 Å². The molecule has 0 radical (unpaired) electrons. The molecule has 1 aromatic carbocycles. The summed E-state index contributed by atoms with van der Waals surface area (Å²) in [6.45, 7) is 4.48. The molecular weight excluding hydrogens is 455 g/mol. The Morgan fingerprint density at radius 2 is 1.89 bits per heavy atom. The molecule has 0 spiro atoms. The number of ether oxygens (including phenoxy) is 1. The van der Waals surface area contributed by atoms with Crippen LogP contribution in [-0.2, 0) is 4.79 Å². The highest BCUT2D eigenvalue weighted by atomic mass is 127. The average molecular weight is 488 g/mol. The number of nitrogens with one attached hydrogen (secondary N) is 3. The molecule has 7 heteroatoms. The number of carbonyl (C=O) groups is 1. The zero-order valence-electron chi connectivity index (χ0n) is 16.2. The Balaban J connectivity index is 0.00000364. The summed E-state index contributed by atoms with van der Waals surface area (Å²) in [4.78, 5) is 16.5. The number of para-hydroxylation sites is 1. The molecule has 0 aromatic heterocycles. The van der Waals surface area contributed by atoms with Crippen LogP contribution in [0, 0.1) is 0 Å². The number of aliphatic imine (C=N–C) groups is 1. The van der Waals surface area contributed by atoms with E-state index in [9.17, 15) is 4.79 Å². The van der Waals surface area contributed by atoms with Gasteiger partial charge in [-0.15, -0.1) is 24.0 Å². The third kappa shape index (κ3) is 10.4. The zero-order chi connectivity index (χ0) is 18.5. The van der Waals surface area contributed by atoms with E-state index >= 15 is 0 Å². The van der Waals surface area contributed by atoms with Crippen molar-refractivity contribution in [2.75, 3.05) is 26.2 Å². The maximum Gasteiger partial charge on any atom is 0.222 e. The number of carbonyl (C=O) groups excluding carboxylic acids is 1. The first-order chi connectivity index (χ1) is 12.8. The van der Waals surface area contributed by atoms with Crippen molar-refractivity contribution in [2.45, 2.75) is 51.5 Å². The number of hydrogen-bond donors (Lipinski definition) is 3. The van der Waals surface area contributed by atoms with E-state index < -0.39 is 0 Å². The molecule has 2 rings (SSSR count). The van der Waals surface area contributed by atoms with Gasteiger partial charge in [0, 0.05) is 19.0 Å². The van der Waals surface area contributed by atoms with E-state index in [1.54, 1.807) is 0 Å². The van der Waals surface area contributed by atoms with Crippen LogP contribution in [0.3, 0.4) is 0 Å². The van der Waals surface area contributed by atoms with Gasteiger partial charge in [0.1, 0.15) is 12.4 Å². The first kappa shape index (κ1) is 23.5. The van der Waals surface area contributed by atoms with E-state index in [0.29, 0.717) is 32.2 Å². The lowest BCUT2D eigenvalue weighted by molar-refractivity contribution is -0.121. The molecule has 0 bridgehead atoms. The lowest BCUT2D eigenvalue weighted by Gasteiger charge is -2.22. The summed E-state index contributed by atoms with van der Waals surface area (Å²) in [6, 6.07) is 10.1. The van der Waals surface area contributed by atoms with Gasteiger partial charge in [-0.05, 0) is 31.9 Å². The maximum atomic E-state index is 12.0. The van der Waals surface area contributed by atoms with E-state index in [-0.39, 0.29) is 29.9 Å². The topological polar surface area (TPSA) is 74.8 Å². The monoisotopic (exact) mass is 488 g/mol. The Morgan fingerprint density at radius 3 is 2.59 bits per heavy atom. The van der Waals surface area contributed by atoms with Crippen molar-refractivity contribution in [3.8, 4) is 5.75 Å². The fourth-order valence-corrected chi connectivity index (χ4v) is 3.01. The molecule has 1 fully saturated rings. The van der Waals surface area contributed by atoms with Crippen LogP contribution >= 0.6 is 24.0 Å². The van der Waals surface area contributed by atoms with Crippen molar-refractivity contribution in [1.29, 1.82) is 0 Å². The molecule has 0 aliphatic heterocycles. The number of hydrogen-bond acceptors (Lipinski definition) is 3. The minimum atomic E-state index is 0. The number of halogens is 1. The molecule has 1 amide bonds. The summed E-state index contributed by atoms with van der Waals surface area (Å²) in [7, 11) is 0. The quantitative estimate of drug-likeness (QED) is 0.216. The first-order valence-electron chi connectivity index (χ1n) is 9.77. The van der Waals surface area contributed by atoms with Crippen molar-refractivity contribution in [2.24, 2.45) is 4.99 Å². The second-order valence-electron chi connectivity index (χ2n) is 6.50. The van der Waals surface area contributed by atoms with Crippen molar-refractivity contribution in [1.82, 2.24) is 16.0 Å². The lowest BCUT2D eigenvalue weighted by Crippen LogP contribution is -2.40. The number of benzene rings is 1. The molecule has 6 nitrogen and oxygen atoms in total. The first-order valence-corrected chi connectivity index (χ1v) is 9.77. The third-order valence-electron chi connectivity index (χ3n) is 4.33. The Hall–Kier alpha value is -1.51. The molecule has 3 N–H and O–H groups in total. The van der Waals surface area contributed by atoms with Gasteiger partial charge in [0.25, 0.3) is 0 Å². The van der Waals surface area contributed by atoms with Crippen LogP contribution in [-0.4, -0.2) is 44.1 Å². The third-order valence-corrected chi connectivity index (χ3v) is 4.33. The van der Waals surface area contributed by atoms with Crippen molar-refractivity contribution < 1.29 is 9.53 Å². The predicted molar refractivity (Wildman–Crippen MR) is 121 cm³/mol. The molecule has 152 valence electrons. The average Bonchev–Trinajstić information content (AvgIpc) is 2.67. The molecule has 1 aromatic rings. The highest BCUT2D eigenvalue weighted by Gasteiger charge is 2.15. The van der Waals surface area contributed by atoms with Crippen molar-refractivity contribution in [3.63, 3.8) is 0 Å². The number of rotatable bonds is 9. The van der Waals surface area contributed by atoms with Gasteiger partial charge in [-0.3, -0.25) is 9.79 Å². The Kier molecular flexibility index (Phi) is 12.7. The van der Waals surface area contributed by atoms with E-state index in [1.165, 1.54) is 19.3 Å². The van der Waals surface area contributed by atoms with Crippen molar-refractivity contribution in [3.05, 3.63) is 30.3 Å². The van der Waals surface area contributed by atoms with Crippen LogP contribution in [0.4, 0.5) is 0 Å². The largest absolute Gasteiger partial charge is 0.492 e. The van der Waals surface area contributed by atoms with Crippen LogP contribution in [0.1, 0.15) is 45.4 Å². The second-order valence-corrected chi connectivity index (χ2v) is 6.50. The Bertz CT molecular complexity index is 548. The van der Waals surface area contributed by atoms with Gasteiger partial charge < -0.3 is 20.7 Å². The minimum absolute atomic E-state index is 0. The molecule has 0 unspecified atom stereocenters. The van der Waals surface area contributed by atoms with Gasteiger partial charge in [0.2, 0.25) is 5.91 Å². The van der Waals surface area contributed by atoms with Gasteiger partial charge in [-0.25, -0.2) is 0 Å². The second kappa shape index (κ2) is 14.5. The van der Waals surface area contributed by atoms with Crippen molar-refractivity contribution >= 4 is 35.8 Å². The maximum absolute atomic E-state index is 12.0. The van der Waals surface area contributed by atoms with E-state index in [0.717, 1.165) is 31.1 Å². The summed E-state index contributed by atoms with van der Waals surface area (Å²) < 4.78 is 5.65. The van der Waals surface area contributed by atoms with Crippen LogP contribution in [0.5, 0.6) is 5.75 Å². The molecular formula is C20H33IN4O2. The fourth-order valence-electron chi connectivity index (χ4n) is 3.01. The smallest absolute Gasteiger partial charge is 0.222 e. The summed E-state index contributed by atoms with van der Waals surface area (Å²) in [6.07, 6.45) is 6.39. The van der Waals surface area contributed by atoms with Gasteiger partial charge in [-0.1, -0.05) is 37.5 Å².